The molecule has 0 radical (unpaired) electrons. The lowest BCUT2D eigenvalue weighted by atomic mass is 9.94. The molecule has 23 heavy (non-hydrogen) atoms. The predicted molar refractivity (Wildman–Crippen MR) is 87.7 cm³/mol. The molecule has 2 heterocycles. The van der Waals surface area contributed by atoms with Crippen LogP contribution in [0.25, 0.3) is 0 Å². The number of nitrogens with zero attached hydrogens (tertiary/aromatic N) is 2. The second-order valence-electron chi connectivity index (χ2n) is 5.91. The fourth-order valence-corrected chi connectivity index (χ4v) is 2.49. The van der Waals surface area contributed by atoms with Crippen LogP contribution in [0.2, 0.25) is 0 Å². The number of methoxy groups -OCH3 is 2. The van der Waals surface area contributed by atoms with E-state index in [9.17, 15) is 4.39 Å². The van der Waals surface area contributed by atoms with Crippen molar-refractivity contribution in [3.8, 4) is 11.8 Å². The van der Waals surface area contributed by atoms with Crippen LogP contribution in [0.5, 0.6) is 11.8 Å². The second kappa shape index (κ2) is 7.40. The number of ether oxygens (including phenoxy) is 2. The van der Waals surface area contributed by atoms with E-state index in [-0.39, 0.29) is 17.7 Å². The summed E-state index contributed by atoms with van der Waals surface area (Å²) in [5, 5.41) is 0. The summed E-state index contributed by atoms with van der Waals surface area (Å²) in [6, 6.07) is 5.45. The van der Waals surface area contributed by atoms with Crippen LogP contribution < -0.4 is 9.47 Å². The Kier molecular flexibility index (Phi) is 5.53. The summed E-state index contributed by atoms with van der Waals surface area (Å²) in [7, 11) is 3.13. The van der Waals surface area contributed by atoms with Gasteiger partial charge in [0.05, 0.1) is 19.9 Å². The molecule has 0 amide bonds. The highest BCUT2D eigenvalue weighted by molar-refractivity contribution is 5.31. The molecule has 0 spiro atoms. The SMILES string of the molecule is COc1cc(C(C)Cc2nc(OC)cc(C(C)C)c2F)ccn1. The molecule has 0 saturated heterocycles. The minimum absolute atomic E-state index is 0.0713. The molecule has 2 rings (SSSR count). The molecule has 0 aliphatic carbocycles. The molecule has 5 heteroatoms. The number of halogens is 1. The first-order valence-corrected chi connectivity index (χ1v) is 7.69. The van der Waals surface area contributed by atoms with Crippen molar-refractivity contribution in [2.45, 2.75) is 39.0 Å². The average Bonchev–Trinajstić information content (AvgIpc) is 2.56. The van der Waals surface area contributed by atoms with Crippen LogP contribution >= 0.6 is 0 Å². The normalized spacial score (nSPS) is 12.3. The predicted octanol–water partition coefficient (Wildman–Crippen LogP) is 4.10. The number of aromatic nitrogens is 2. The Morgan fingerprint density at radius 3 is 2.39 bits per heavy atom. The van der Waals surface area contributed by atoms with E-state index < -0.39 is 0 Å². The van der Waals surface area contributed by atoms with Gasteiger partial charge >= 0.3 is 0 Å². The van der Waals surface area contributed by atoms with Gasteiger partial charge in [-0.15, -0.1) is 0 Å². The maximum atomic E-state index is 14.7. The first kappa shape index (κ1) is 17.2. The Morgan fingerprint density at radius 1 is 1.09 bits per heavy atom. The van der Waals surface area contributed by atoms with Crippen molar-refractivity contribution in [3.05, 3.63) is 47.0 Å². The van der Waals surface area contributed by atoms with Crippen LogP contribution in [0.4, 0.5) is 4.39 Å². The molecule has 124 valence electrons. The topological polar surface area (TPSA) is 44.2 Å². The summed E-state index contributed by atoms with van der Waals surface area (Å²) in [5.41, 5.74) is 2.09. The van der Waals surface area contributed by atoms with Crippen molar-refractivity contribution in [3.63, 3.8) is 0 Å². The summed E-state index contributed by atoms with van der Waals surface area (Å²) >= 11 is 0. The van der Waals surface area contributed by atoms with Crippen molar-refractivity contribution in [2.75, 3.05) is 14.2 Å². The van der Waals surface area contributed by atoms with E-state index in [1.807, 2.05) is 32.9 Å². The summed E-state index contributed by atoms with van der Waals surface area (Å²) in [5.74, 6) is 0.914. The Morgan fingerprint density at radius 2 is 1.78 bits per heavy atom. The van der Waals surface area contributed by atoms with Gasteiger partial charge in [-0.05, 0) is 35.4 Å². The molecule has 4 nitrogen and oxygen atoms in total. The fraction of sp³-hybridized carbons (Fsp3) is 0.444. The zero-order chi connectivity index (χ0) is 17.0. The molecular weight excluding hydrogens is 295 g/mol. The lowest BCUT2D eigenvalue weighted by Crippen LogP contribution is -2.08. The molecule has 2 aromatic heterocycles. The molecule has 1 unspecified atom stereocenters. The van der Waals surface area contributed by atoms with Crippen molar-refractivity contribution < 1.29 is 13.9 Å². The zero-order valence-corrected chi connectivity index (χ0v) is 14.3. The van der Waals surface area contributed by atoms with Crippen LogP contribution in [-0.4, -0.2) is 24.2 Å². The number of pyridine rings is 2. The van der Waals surface area contributed by atoms with Gasteiger partial charge < -0.3 is 9.47 Å². The van der Waals surface area contributed by atoms with Crippen LogP contribution in [-0.2, 0) is 6.42 Å². The van der Waals surface area contributed by atoms with Gasteiger partial charge in [0.1, 0.15) is 5.82 Å². The Labute approximate surface area is 136 Å². The van der Waals surface area contributed by atoms with E-state index in [0.717, 1.165) is 5.56 Å². The quantitative estimate of drug-likeness (QED) is 0.804. The Balaban J connectivity index is 2.32. The second-order valence-corrected chi connectivity index (χ2v) is 5.91. The fourth-order valence-electron chi connectivity index (χ4n) is 2.49. The van der Waals surface area contributed by atoms with Gasteiger partial charge in [0, 0.05) is 18.3 Å². The number of hydrogen-bond donors (Lipinski definition) is 0. The first-order valence-electron chi connectivity index (χ1n) is 7.69. The highest BCUT2D eigenvalue weighted by atomic mass is 19.1. The lowest BCUT2D eigenvalue weighted by Gasteiger charge is -2.16. The first-order chi connectivity index (χ1) is 11.0. The van der Waals surface area contributed by atoms with Crippen LogP contribution in [0, 0.1) is 5.82 Å². The van der Waals surface area contributed by atoms with Gasteiger partial charge in [-0.25, -0.2) is 14.4 Å². The summed E-state index contributed by atoms with van der Waals surface area (Å²) < 4.78 is 25.1. The van der Waals surface area contributed by atoms with Gasteiger partial charge in [0.25, 0.3) is 0 Å². The van der Waals surface area contributed by atoms with Gasteiger partial charge in [0.15, 0.2) is 0 Å². The smallest absolute Gasteiger partial charge is 0.213 e. The van der Waals surface area contributed by atoms with Crippen molar-refractivity contribution in [1.82, 2.24) is 9.97 Å². The molecule has 0 saturated carbocycles. The molecule has 0 fully saturated rings. The highest BCUT2D eigenvalue weighted by Gasteiger charge is 2.18. The van der Waals surface area contributed by atoms with Crippen molar-refractivity contribution in [2.24, 2.45) is 0 Å². The Hall–Kier alpha value is -2.17. The third-order valence-corrected chi connectivity index (χ3v) is 3.90. The molecule has 0 N–H and O–H groups in total. The standard InChI is InChI=1S/C18H23FN2O2/c1-11(2)14-10-17(23-5)21-15(18(14)19)8-12(3)13-6-7-20-16(9-13)22-4/h6-7,9-12H,8H2,1-5H3. The molecule has 0 aliphatic rings. The van der Waals surface area contributed by atoms with Crippen LogP contribution in [0.3, 0.4) is 0 Å². The number of hydrogen-bond acceptors (Lipinski definition) is 4. The van der Waals surface area contributed by atoms with E-state index in [1.165, 1.54) is 0 Å². The summed E-state index contributed by atoms with van der Waals surface area (Å²) in [6.07, 6.45) is 2.18. The van der Waals surface area contributed by atoms with Crippen LogP contribution in [0.15, 0.2) is 24.4 Å². The van der Waals surface area contributed by atoms with Crippen molar-refractivity contribution in [1.29, 1.82) is 0 Å². The summed E-state index contributed by atoms with van der Waals surface area (Å²) in [4.78, 5) is 8.40. The highest BCUT2D eigenvalue weighted by Crippen LogP contribution is 2.28. The van der Waals surface area contributed by atoms with E-state index in [1.54, 1.807) is 26.5 Å². The maximum Gasteiger partial charge on any atom is 0.213 e. The van der Waals surface area contributed by atoms with Gasteiger partial charge in [-0.1, -0.05) is 20.8 Å². The average molecular weight is 318 g/mol. The molecule has 2 aromatic rings. The van der Waals surface area contributed by atoms with Gasteiger partial charge in [-0.3, -0.25) is 0 Å². The number of rotatable bonds is 6. The van der Waals surface area contributed by atoms with E-state index in [2.05, 4.69) is 9.97 Å². The minimum Gasteiger partial charge on any atom is -0.481 e. The summed E-state index contributed by atoms with van der Waals surface area (Å²) in [6.45, 7) is 5.95. The van der Waals surface area contributed by atoms with E-state index in [4.69, 9.17) is 9.47 Å². The van der Waals surface area contributed by atoms with E-state index >= 15 is 0 Å². The van der Waals surface area contributed by atoms with Gasteiger partial charge in [-0.2, -0.15) is 0 Å². The largest absolute Gasteiger partial charge is 0.481 e. The maximum absolute atomic E-state index is 14.7. The van der Waals surface area contributed by atoms with Crippen LogP contribution in [0.1, 0.15) is 49.4 Å². The van der Waals surface area contributed by atoms with Gasteiger partial charge in [0.2, 0.25) is 11.8 Å². The molecule has 0 aromatic carbocycles. The molecule has 0 aliphatic heterocycles. The lowest BCUT2D eigenvalue weighted by molar-refractivity contribution is 0.390. The molecule has 1 atom stereocenters. The molecule has 0 bridgehead atoms. The Bertz CT molecular complexity index is 674. The van der Waals surface area contributed by atoms with Crippen molar-refractivity contribution >= 4 is 0 Å². The zero-order valence-electron chi connectivity index (χ0n) is 14.3. The third-order valence-electron chi connectivity index (χ3n) is 3.90. The minimum atomic E-state index is -0.242. The third kappa shape index (κ3) is 3.97. The molecular formula is C18H23FN2O2. The van der Waals surface area contributed by atoms with E-state index in [0.29, 0.717) is 29.4 Å². The monoisotopic (exact) mass is 318 g/mol.